The Morgan fingerprint density at radius 2 is 1.94 bits per heavy atom. The number of fused-ring (bicyclic) bond motifs is 1. The van der Waals surface area contributed by atoms with Gasteiger partial charge in [-0.2, -0.15) is 0 Å². The standard InChI is InChI=1S/C21H27N3O6.BrH/c1-2-30-21(29)16(9-8-14-6-4-3-5-7-14)22-15-10-11-18(25)23-13-12-17(20(27)28)24(23)19(15)26;/h3-7,15-17,22H,2,8-13H2,1H3,(H,27,28);1H/t15-,16-,17-;/m0./s1. The minimum atomic E-state index is -1.15. The molecule has 9 nitrogen and oxygen atoms in total. The van der Waals surface area contributed by atoms with Gasteiger partial charge in [0.2, 0.25) is 5.91 Å². The molecule has 0 unspecified atom stereocenters. The average molecular weight is 498 g/mol. The number of ether oxygens (including phenoxy) is 1. The quantitative estimate of drug-likeness (QED) is 0.520. The fraction of sp³-hybridized carbons (Fsp3) is 0.524. The zero-order valence-electron chi connectivity index (χ0n) is 17.4. The minimum absolute atomic E-state index is 0. The fourth-order valence-corrected chi connectivity index (χ4v) is 3.93. The molecule has 1 aromatic carbocycles. The van der Waals surface area contributed by atoms with E-state index in [1.54, 1.807) is 6.92 Å². The van der Waals surface area contributed by atoms with Crippen LogP contribution in [-0.4, -0.2) is 70.2 Å². The van der Waals surface area contributed by atoms with Crippen LogP contribution in [0, 0.1) is 0 Å². The van der Waals surface area contributed by atoms with Gasteiger partial charge in [0.1, 0.15) is 6.04 Å². The van der Waals surface area contributed by atoms with Crippen molar-refractivity contribution in [3.63, 3.8) is 0 Å². The van der Waals surface area contributed by atoms with Gasteiger partial charge < -0.3 is 9.84 Å². The second kappa shape index (κ2) is 11.2. The third-order valence-electron chi connectivity index (χ3n) is 5.45. The summed E-state index contributed by atoms with van der Waals surface area (Å²) in [6.07, 6.45) is 1.49. The van der Waals surface area contributed by atoms with Gasteiger partial charge in [-0.1, -0.05) is 30.3 Å². The molecule has 2 heterocycles. The maximum Gasteiger partial charge on any atom is 0.328 e. The SMILES string of the molecule is Br.CCOC(=O)[C@H](CCc1ccccc1)N[C@H]1CCC(=O)N2CC[C@@H](C(=O)O)N2C1=O. The van der Waals surface area contributed by atoms with Gasteiger partial charge in [-0.15, -0.1) is 17.0 Å². The molecule has 0 saturated carbocycles. The van der Waals surface area contributed by atoms with Gasteiger partial charge in [0.05, 0.1) is 12.6 Å². The monoisotopic (exact) mass is 497 g/mol. The lowest BCUT2D eigenvalue weighted by molar-refractivity contribution is -0.166. The van der Waals surface area contributed by atoms with Crippen LogP contribution in [0.15, 0.2) is 30.3 Å². The molecule has 0 radical (unpaired) electrons. The van der Waals surface area contributed by atoms with Gasteiger partial charge in [0.25, 0.3) is 5.91 Å². The number of nitrogens with zero attached hydrogens (tertiary/aromatic N) is 2. The van der Waals surface area contributed by atoms with Crippen molar-refractivity contribution in [1.29, 1.82) is 0 Å². The second-order valence-electron chi connectivity index (χ2n) is 7.43. The summed E-state index contributed by atoms with van der Waals surface area (Å²) in [5, 5.41) is 14.8. The Morgan fingerprint density at radius 3 is 2.58 bits per heavy atom. The number of benzene rings is 1. The fourth-order valence-electron chi connectivity index (χ4n) is 3.93. The van der Waals surface area contributed by atoms with E-state index in [9.17, 15) is 24.3 Å². The maximum atomic E-state index is 13.1. The Labute approximate surface area is 191 Å². The van der Waals surface area contributed by atoms with Gasteiger partial charge in [0, 0.05) is 19.4 Å². The van der Waals surface area contributed by atoms with Crippen molar-refractivity contribution < 1.29 is 29.0 Å². The van der Waals surface area contributed by atoms with Crippen LogP contribution < -0.4 is 5.32 Å². The lowest BCUT2D eigenvalue weighted by atomic mass is 10.0. The Morgan fingerprint density at radius 1 is 1.23 bits per heavy atom. The van der Waals surface area contributed by atoms with Crippen molar-refractivity contribution in [1.82, 2.24) is 15.3 Å². The van der Waals surface area contributed by atoms with Crippen LogP contribution in [0.3, 0.4) is 0 Å². The number of carbonyl (C=O) groups is 4. The van der Waals surface area contributed by atoms with E-state index in [0.717, 1.165) is 10.6 Å². The minimum Gasteiger partial charge on any atom is -0.480 e. The number of esters is 1. The van der Waals surface area contributed by atoms with Crippen LogP contribution in [0.5, 0.6) is 0 Å². The predicted molar refractivity (Wildman–Crippen MR) is 116 cm³/mol. The number of hydrazine groups is 1. The van der Waals surface area contributed by atoms with Crippen molar-refractivity contribution >= 4 is 40.7 Å². The molecule has 3 atom stereocenters. The van der Waals surface area contributed by atoms with E-state index in [2.05, 4.69) is 5.32 Å². The van der Waals surface area contributed by atoms with Crippen molar-refractivity contribution in [2.75, 3.05) is 13.2 Å². The van der Waals surface area contributed by atoms with Crippen LogP contribution >= 0.6 is 17.0 Å². The van der Waals surface area contributed by atoms with Gasteiger partial charge >= 0.3 is 11.9 Å². The first-order valence-electron chi connectivity index (χ1n) is 10.2. The number of carboxylic acid groups (broad SMARTS) is 1. The summed E-state index contributed by atoms with van der Waals surface area (Å²) in [7, 11) is 0. The van der Waals surface area contributed by atoms with Crippen LogP contribution in [-0.2, 0) is 30.3 Å². The Bertz CT molecular complexity index is 806. The topological polar surface area (TPSA) is 116 Å². The van der Waals surface area contributed by atoms with Crippen molar-refractivity contribution in [2.45, 2.75) is 57.2 Å². The number of halogens is 1. The number of amides is 2. The maximum absolute atomic E-state index is 13.1. The summed E-state index contributed by atoms with van der Waals surface area (Å²) >= 11 is 0. The Balaban J connectivity index is 0.00000341. The molecular weight excluding hydrogens is 470 g/mol. The summed E-state index contributed by atoms with van der Waals surface area (Å²) < 4.78 is 5.17. The zero-order valence-corrected chi connectivity index (χ0v) is 19.1. The summed E-state index contributed by atoms with van der Waals surface area (Å²) in [6, 6.07) is 6.98. The number of rotatable bonds is 8. The molecule has 2 aliphatic rings. The van der Waals surface area contributed by atoms with Crippen LogP contribution in [0.1, 0.15) is 38.2 Å². The zero-order chi connectivity index (χ0) is 21.7. The normalized spacial score (nSPS) is 21.7. The summed E-state index contributed by atoms with van der Waals surface area (Å²) in [6.45, 7) is 2.12. The summed E-state index contributed by atoms with van der Waals surface area (Å²) in [5.74, 6) is -2.40. The Hall–Kier alpha value is -2.46. The number of aliphatic carboxylic acids is 1. The number of carboxylic acids is 1. The molecule has 170 valence electrons. The molecule has 0 aliphatic carbocycles. The first-order valence-corrected chi connectivity index (χ1v) is 10.2. The molecule has 0 spiro atoms. The van der Waals surface area contributed by atoms with Gasteiger partial charge in [-0.05, 0) is 31.7 Å². The predicted octanol–water partition coefficient (Wildman–Crippen LogP) is 1.31. The molecular formula is C21H28BrN3O6. The van der Waals surface area contributed by atoms with E-state index in [-0.39, 0.29) is 55.3 Å². The van der Waals surface area contributed by atoms with E-state index >= 15 is 0 Å². The highest BCUT2D eigenvalue weighted by Gasteiger charge is 2.47. The lowest BCUT2D eigenvalue weighted by Crippen LogP contribution is -2.56. The molecule has 0 aromatic heterocycles. The largest absolute Gasteiger partial charge is 0.480 e. The molecule has 1 aromatic rings. The Kier molecular flexibility index (Phi) is 9.00. The molecule has 0 bridgehead atoms. The second-order valence-corrected chi connectivity index (χ2v) is 7.43. The third kappa shape index (κ3) is 5.82. The van der Waals surface area contributed by atoms with Crippen molar-refractivity contribution in [3.8, 4) is 0 Å². The number of carbonyl (C=O) groups excluding carboxylic acids is 3. The molecule has 2 N–H and O–H groups in total. The molecule has 2 amide bonds. The van der Waals surface area contributed by atoms with Gasteiger partial charge in [0.15, 0.2) is 6.04 Å². The smallest absolute Gasteiger partial charge is 0.328 e. The van der Waals surface area contributed by atoms with E-state index < -0.39 is 36.0 Å². The van der Waals surface area contributed by atoms with E-state index in [4.69, 9.17) is 4.74 Å². The highest BCUT2D eigenvalue weighted by atomic mass is 79.9. The third-order valence-corrected chi connectivity index (χ3v) is 5.45. The number of hydrogen-bond acceptors (Lipinski definition) is 6. The first-order chi connectivity index (χ1) is 14.4. The highest BCUT2D eigenvalue weighted by molar-refractivity contribution is 8.93. The molecule has 3 rings (SSSR count). The summed E-state index contributed by atoms with van der Waals surface area (Å²) in [4.78, 5) is 49.6. The van der Waals surface area contributed by atoms with E-state index in [0.29, 0.717) is 12.8 Å². The number of hydrogen-bond donors (Lipinski definition) is 2. The lowest BCUT2D eigenvalue weighted by Gasteiger charge is -2.31. The highest BCUT2D eigenvalue weighted by Crippen LogP contribution is 2.26. The van der Waals surface area contributed by atoms with Gasteiger partial charge in [-0.3, -0.25) is 24.7 Å². The van der Waals surface area contributed by atoms with Crippen LogP contribution in [0.4, 0.5) is 0 Å². The van der Waals surface area contributed by atoms with Crippen molar-refractivity contribution in [3.05, 3.63) is 35.9 Å². The molecule has 10 heteroatoms. The van der Waals surface area contributed by atoms with Crippen LogP contribution in [0.25, 0.3) is 0 Å². The first kappa shape index (κ1) is 24.8. The average Bonchev–Trinajstić information content (AvgIpc) is 3.15. The van der Waals surface area contributed by atoms with Crippen LogP contribution in [0.2, 0.25) is 0 Å². The molecule has 31 heavy (non-hydrogen) atoms. The van der Waals surface area contributed by atoms with Crippen molar-refractivity contribution in [2.24, 2.45) is 0 Å². The molecule has 2 saturated heterocycles. The number of aryl methyl sites for hydroxylation is 1. The van der Waals surface area contributed by atoms with Gasteiger partial charge in [-0.25, -0.2) is 9.80 Å². The van der Waals surface area contributed by atoms with E-state index in [1.807, 2.05) is 30.3 Å². The number of nitrogens with one attached hydrogen (secondary N) is 1. The van der Waals surface area contributed by atoms with E-state index in [1.165, 1.54) is 5.01 Å². The molecule has 2 fully saturated rings. The molecule has 2 aliphatic heterocycles. The summed E-state index contributed by atoms with van der Waals surface area (Å²) in [5.41, 5.74) is 1.05.